The second kappa shape index (κ2) is 13.7. The second-order valence-corrected chi connectivity index (χ2v) is 10.6. The Morgan fingerprint density at radius 1 is 1.13 bits per heavy atom. The third-order valence-electron chi connectivity index (χ3n) is 7.80. The van der Waals surface area contributed by atoms with Gasteiger partial charge in [0.25, 0.3) is 0 Å². The summed E-state index contributed by atoms with van der Waals surface area (Å²) in [5, 5.41) is 40.2. The second-order valence-electron chi connectivity index (χ2n) is 10.6. The summed E-state index contributed by atoms with van der Waals surface area (Å²) in [5.74, 6) is -3.02. The van der Waals surface area contributed by atoms with Crippen molar-refractivity contribution in [1.29, 1.82) is 0 Å². The van der Waals surface area contributed by atoms with Gasteiger partial charge in [-0.05, 0) is 68.7 Å². The predicted octanol–water partition coefficient (Wildman–Crippen LogP) is 4.29. The van der Waals surface area contributed by atoms with E-state index < -0.39 is 29.8 Å². The van der Waals surface area contributed by atoms with Crippen LogP contribution in [-0.4, -0.2) is 62.4 Å². The number of hydrogen-bond acceptors (Lipinski definition) is 6. The normalized spacial score (nSPS) is 22.7. The van der Waals surface area contributed by atoms with Crippen molar-refractivity contribution in [2.24, 2.45) is 17.8 Å². The number of rotatable bonds is 14. The molecule has 1 saturated heterocycles. The first-order valence-electron chi connectivity index (χ1n) is 13.7. The van der Waals surface area contributed by atoms with E-state index >= 15 is 0 Å². The summed E-state index contributed by atoms with van der Waals surface area (Å²) in [6.07, 6.45) is 6.13. The molecule has 0 aromatic heterocycles. The number of carboxylic acid groups (broad SMARTS) is 1. The maximum Gasteiger partial charge on any atom is 0.303 e. The number of hydrogen-bond donors (Lipinski definition) is 4. The van der Waals surface area contributed by atoms with E-state index in [1.54, 1.807) is 18.2 Å². The minimum Gasteiger partial charge on any atom is -0.508 e. The molecule has 0 spiro atoms. The molecular formula is C30H41NO7. The minimum absolute atomic E-state index is 0.0626. The maximum absolute atomic E-state index is 13.3. The number of unbranched alkanes of at least 4 members (excludes halogenated alkanes) is 2. The van der Waals surface area contributed by atoms with E-state index in [4.69, 9.17) is 5.11 Å². The molecule has 4 N–H and O–H groups in total. The Balaban J connectivity index is 1.70. The highest BCUT2D eigenvalue weighted by atomic mass is 16.4. The van der Waals surface area contributed by atoms with Crippen molar-refractivity contribution in [2.45, 2.75) is 77.7 Å². The van der Waals surface area contributed by atoms with Crippen molar-refractivity contribution in [3.8, 4) is 5.75 Å². The molecule has 208 valence electrons. The number of benzene rings is 1. The Morgan fingerprint density at radius 2 is 1.89 bits per heavy atom. The van der Waals surface area contributed by atoms with Gasteiger partial charge in [-0.3, -0.25) is 19.3 Å². The number of allylic oxidation sites excluding steroid dienone is 2. The smallest absolute Gasteiger partial charge is 0.303 e. The number of phenols is 1. The summed E-state index contributed by atoms with van der Waals surface area (Å²) < 4.78 is 0. The lowest BCUT2D eigenvalue weighted by Crippen LogP contribution is -2.39. The first kappa shape index (κ1) is 29.6. The maximum atomic E-state index is 13.3. The van der Waals surface area contributed by atoms with Gasteiger partial charge in [0.1, 0.15) is 5.75 Å². The number of imide groups is 1. The molecule has 8 heteroatoms. The first-order chi connectivity index (χ1) is 18.2. The zero-order chi connectivity index (χ0) is 27.8. The van der Waals surface area contributed by atoms with Crippen LogP contribution in [0.1, 0.15) is 77.2 Å². The van der Waals surface area contributed by atoms with Crippen LogP contribution in [0.3, 0.4) is 0 Å². The highest BCUT2D eigenvalue weighted by Gasteiger charge is 2.54. The molecule has 0 saturated carbocycles. The van der Waals surface area contributed by atoms with E-state index in [1.807, 2.05) is 19.1 Å². The molecule has 1 heterocycles. The lowest BCUT2D eigenvalue weighted by molar-refractivity contribution is -0.141. The zero-order valence-electron chi connectivity index (χ0n) is 22.4. The number of aliphatic hydroxyl groups is 2. The van der Waals surface area contributed by atoms with Gasteiger partial charge in [-0.1, -0.05) is 49.1 Å². The number of carbonyl (C=O) groups excluding carboxylic acids is 2. The number of carbonyl (C=O) groups is 3. The molecule has 1 aliphatic heterocycles. The van der Waals surface area contributed by atoms with Crippen molar-refractivity contribution >= 4 is 23.9 Å². The van der Waals surface area contributed by atoms with Crippen LogP contribution in [0.15, 0.2) is 41.0 Å². The van der Waals surface area contributed by atoms with Crippen molar-refractivity contribution in [1.82, 2.24) is 4.90 Å². The van der Waals surface area contributed by atoms with Crippen molar-refractivity contribution in [2.75, 3.05) is 13.2 Å². The highest BCUT2D eigenvalue weighted by Crippen LogP contribution is 2.46. The Hall–Kier alpha value is -2.97. The average molecular weight is 528 g/mol. The number of aliphatic hydroxyl groups excluding tert-OH is 2. The third-order valence-corrected chi connectivity index (χ3v) is 7.80. The summed E-state index contributed by atoms with van der Waals surface area (Å²) in [6, 6.07) is 7.03. The molecule has 1 fully saturated rings. The van der Waals surface area contributed by atoms with E-state index in [-0.39, 0.29) is 37.1 Å². The van der Waals surface area contributed by atoms with Crippen LogP contribution in [0.25, 0.3) is 6.08 Å². The predicted molar refractivity (Wildman–Crippen MR) is 144 cm³/mol. The molecule has 1 aromatic carbocycles. The molecule has 2 amide bonds. The number of phenolic OH excluding ortho intramolecular Hbond substituents is 1. The van der Waals surface area contributed by atoms with Crippen molar-refractivity contribution in [3.05, 3.63) is 46.5 Å². The molecule has 0 bridgehead atoms. The number of amides is 2. The Bertz CT molecular complexity index is 1080. The van der Waals surface area contributed by atoms with E-state index in [9.17, 15) is 29.7 Å². The van der Waals surface area contributed by atoms with Crippen LogP contribution >= 0.6 is 0 Å². The molecule has 3 rings (SSSR count). The summed E-state index contributed by atoms with van der Waals surface area (Å²) in [7, 11) is 0. The molecule has 4 atom stereocenters. The molecule has 2 aliphatic rings. The van der Waals surface area contributed by atoms with Gasteiger partial charge in [0.15, 0.2) is 0 Å². The largest absolute Gasteiger partial charge is 0.508 e. The molecule has 1 aliphatic carbocycles. The molecule has 8 nitrogen and oxygen atoms in total. The van der Waals surface area contributed by atoms with Crippen LogP contribution in [0.5, 0.6) is 5.75 Å². The fraction of sp³-hybridized carbons (Fsp3) is 0.567. The zero-order valence-corrected chi connectivity index (χ0v) is 22.4. The van der Waals surface area contributed by atoms with Gasteiger partial charge in [0, 0.05) is 18.9 Å². The SMILES string of the molecule is CCC/C(=C\c1cccc(O)c1)CC[C@@H](O)C1=C(C)C[C@H]2C(=O)N(CCCCCC(=O)O)C(=O)[C@H]2[C@H]1CO. The number of aromatic hydroxyl groups is 1. The van der Waals surface area contributed by atoms with Gasteiger partial charge < -0.3 is 20.4 Å². The molecule has 0 radical (unpaired) electrons. The summed E-state index contributed by atoms with van der Waals surface area (Å²) in [4.78, 5) is 38.4. The van der Waals surface area contributed by atoms with E-state index in [0.717, 1.165) is 29.6 Å². The molecule has 0 unspecified atom stereocenters. The van der Waals surface area contributed by atoms with E-state index in [1.165, 1.54) is 4.90 Å². The van der Waals surface area contributed by atoms with Gasteiger partial charge in [-0.15, -0.1) is 0 Å². The monoisotopic (exact) mass is 527 g/mol. The lowest BCUT2D eigenvalue weighted by Gasteiger charge is -2.35. The van der Waals surface area contributed by atoms with E-state index in [0.29, 0.717) is 44.1 Å². The standard InChI is InChI=1S/C30H41NO7/c1-3-8-20(16-21-9-7-10-22(33)17-21)12-13-25(34)27-19(2)15-23-28(24(27)18-32)30(38)31(29(23)37)14-6-4-5-11-26(35)36/h7,9-10,16-17,23-25,28,32-34H,3-6,8,11-15,18H2,1-2H3,(H,35,36)/b20-16+/t23-,24+,25-,28-/m1/s1. The lowest BCUT2D eigenvalue weighted by atomic mass is 9.68. The minimum atomic E-state index is -0.862. The Morgan fingerprint density at radius 3 is 2.55 bits per heavy atom. The van der Waals surface area contributed by atoms with Gasteiger partial charge in [0.2, 0.25) is 11.8 Å². The third kappa shape index (κ3) is 7.11. The van der Waals surface area contributed by atoms with Crippen LogP contribution in [-0.2, 0) is 14.4 Å². The summed E-state index contributed by atoms with van der Waals surface area (Å²) in [6.45, 7) is 3.89. The molecule has 38 heavy (non-hydrogen) atoms. The Labute approximate surface area is 224 Å². The number of fused-ring (bicyclic) bond motifs is 1. The number of likely N-dealkylation sites (tertiary alicyclic amines) is 1. The number of carboxylic acids is 1. The first-order valence-corrected chi connectivity index (χ1v) is 13.7. The highest BCUT2D eigenvalue weighted by molar-refractivity contribution is 6.05. The van der Waals surface area contributed by atoms with Gasteiger partial charge in [0.05, 0.1) is 24.5 Å². The van der Waals surface area contributed by atoms with Crippen LogP contribution in [0.4, 0.5) is 0 Å². The molecule has 1 aromatic rings. The van der Waals surface area contributed by atoms with Crippen LogP contribution in [0, 0.1) is 17.8 Å². The molecular weight excluding hydrogens is 486 g/mol. The number of nitrogens with zero attached hydrogens (tertiary/aromatic N) is 1. The van der Waals surface area contributed by atoms with Crippen LogP contribution in [0.2, 0.25) is 0 Å². The Kier molecular flexibility index (Phi) is 10.7. The van der Waals surface area contributed by atoms with Crippen molar-refractivity contribution < 1.29 is 34.8 Å². The summed E-state index contributed by atoms with van der Waals surface area (Å²) in [5.41, 5.74) is 3.57. The average Bonchev–Trinajstić information content (AvgIpc) is 3.10. The number of aliphatic carboxylic acids is 1. The summed E-state index contributed by atoms with van der Waals surface area (Å²) >= 11 is 0. The van der Waals surface area contributed by atoms with E-state index in [2.05, 4.69) is 6.92 Å². The van der Waals surface area contributed by atoms with Gasteiger partial charge in [-0.25, -0.2) is 0 Å². The topological polar surface area (TPSA) is 135 Å². The van der Waals surface area contributed by atoms with Gasteiger partial charge in [-0.2, -0.15) is 0 Å². The van der Waals surface area contributed by atoms with Crippen LogP contribution < -0.4 is 0 Å². The van der Waals surface area contributed by atoms with Gasteiger partial charge >= 0.3 is 5.97 Å². The quantitative estimate of drug-likeness (QED) is 0.161. The fourth-order valence-electron chi connectivity index (χ4n) is 6.04. The van der Waals surface area contributed by atoms with Crippen molar-refractivity contribution in [3.63, 3.8) is 0 Å². The fourth-order valence-corrected chi connectivity index (χ4v) is 6.04.